The van der Waals surface area contributed by atoms with Crippen molar-refractivity contribution in [3.05, 3.63) is 12.7 Å². The van der Waals surface area contributed by atoms with Crippen LogP contribution in [-0.2, 0) is 24.2 Å². The van der Waals surface area contributed by atoms with E-state index in [0.717, 1.165) is 6.08 Å². The molecule has 27 heavy (non-hydrogen) atoms. The summed E-state index contributed by atoms with van der Waals surface area (Å²) in [6.07, 6.45) is -6.46. The van der Waals surface area contributed by atoms with Gasteiger partial charge in [0, 0.05) is 6.54 Å². The fourth-order valence-corrected chi connectivity index (χ4v) is 3.21. The number of hydrogen-bond donors (Lipinski definition) is 6. The van der Waals surface area contributed by atoms with E-state index >= 15 is 0 Å². The summed E-state index contributed by atoms with van der Waals surface area (Å²) in [6, 6.07) is 0. The monoisotopic (exact) mass is 431 g/mol. The lowest BCUT2D eigenvalue weighted by Crippen LogP contribution is -2.49. The lowest BCUT2D eigenvalue weighted by atomic mass is 10.00. The highest BCUT2D eigenvalue weighted by atomic mass is 32.3. The zero-order valence-corrected chi connectivity index (χ0v) is 16.1. The first kappa shape index (κ1) is 25.9. The minimum absolute atomic E-state index is 0.115. The summed E-state index contributed by atoms with van der Waals surface area (Å²) in [5.41, 5.74) is 0. The second-order valence-electron chi connectivity index (χ2n) is 5.35. The third-order valence-electron chi connectivity index (χ3n) is 3.21. The predicted molar refractivity (Wildman–Crippen MR) is 96.3 cm³/mol. The first-order valence-electron chi connectivity index (χ1n) is 7.86. The lowest BCUT2D eigenvalue weighted by molar-refractivity contribution is -0.145. The Bertz CT molecular complexity index is 582. The highest BCUT2D eigenvalue weighted by Crippen LogP contribution is 2.14. The maximum atomic E-state index is 12.1. The normalized spacial score (nSPS) is 16.2. The second-order valence-corrected chi connectivity index (χ2v) is 7.63. The van der Waals surface area contributed by atoms with E-state index in [-0.39, 0.29) is 12.3 Å². The minimum Gasteiger partial charge on any atom is -0.394 e. The molecule has 0 aliphatic rings. The molecule has 0 rings (SSSR count). The highest BCUT2D eigenvalue weighted by molar-refractivity contribution is 7.99. The predicted octanol–water partition coefficient (Wildman–Crippen LogP) is -2.37. The van der Waals surface area contributed by atoms with Crippen LogP contribution in [0.3, 0.4) is 0 Å². The maximum Gasteiger partial charge on any atom is 0.398 e. The van der Waals surface area contributed by atoms with E-state index in [1.807, 2.05) is 0 Å². The Hall–Kier alpha value is -1.06. The van der Waals surface area contributed by atoms with E-state index in [1.54, 1.807) is 0 Å². The fraction of sp³-hybridized carbons (Fsp3) is 0.714. The van der Waals surface area contributed by atoms with Crippen molar-refractivity contribution in [3.8, 4) is 0 Å². The van der Waals surface area contributed by atoms with Gasteiger partial charge >= 0.3 is 10.4 Å². The molecule has 1 unspecified atom stereocenters. The molecule has 0 fully saturated rings. The number of aliphatic hydroxyl groups excluding tert-OH is 4. The maximum absolute atomic E-state index is 12.1. The minimum atomic E-state index is -5.16. The number of hydrogen-bond acceptors (Lipinski definition) is 10. The van der Waals surface area contributed by atoms with Gasteiger partial charge in [-0.2, -0.15) is 20.2 Å². The smallest absolute Gasteiger partial charge is 0.394 e. The zero-order chi connectivity index (χ0) is 21.0. The molecule has 6 N–H and O–H groups in total. The summed E-state index contributed by atoms with van der Waals surface area (Å²) < 4.78 is 34.4. The number of rotatable bonds is 15. The van der Waals surface area contributed by atoms with Gasteiger partial charge in [-0.15, -0.1) is 0 Å². The van der Waals surface area contributed by atoms with Gasteiger partial charge in [-0.1, -0.05) is 6.58 Å². The first-order valence-corrected chi connectivity index (χ1v) is 10.4. The van der Waals surface area contributed by atoms with Crippen molar-refractivity contribution < 1.29 is 47.2 Å². The molecular formula is C14H25NO10S2. The van der Waals surface area contributed by atoms with Crippen LogP contribution in [0.25, 0.3) is 0 Å². The van der Waals surface area contributed by atoms with Gasteiger partial charge in [0.05, 0.1) is 6.61 Å². The molecular weight excluding hydrogens is 406 g/mol. The topological polar surface area (TPSA) is 191 Å². The third-order valence-corrected chi connectivity index (χ3v) is 4.76. The Kier molecular flexibility index (Phi) is 12.7. The van der Waals surface area contributed by atoms with E-state index in [2.05, 4.69) is 16.1 Å². The zero-order valence-electron chi connectivity index (χ0n) is 14.4. The van der Waals surface area contributed by atoms with Crippen LogP contribution in [-0.4, -0.2) is 94.2 Å². The molecule has 4 atom stereocenters. The van der Waals surface area contributed by atoms with Crippen LogP contribution in [0.5, 0.6) is 0 Å². The highest BCUT2D eigenvalue weighted by Gasteiger charge is 2.39. The van der Waals surface area contributed by atoms with E-state index in [0.29, 0.717) is 24.5 Å². The molecule has 0 aliphatic carbocycles. The quantitative estimate of drug-likeness (QED) is 0.0923. The van der Waals surface area contributed by atoms with Crippen LogP contribution < -0.4 is 5.32 Å². The Morgan fingerprint density at radius 1 is 1.22 bits per heavy atom. The summed E-state index contributed by atoms with van der Waals surface area (Å²) in [5.74, 6) is -0.671. The molecule has 0 bridgehead atoms. The molecule has 0 aliphatic heterocycles. The van der Waals surface area contributed by atoms with E-state index in [9.17, 15) is 33.3 Å². The van der Waals surface area contributed by atoms with Crippen molar-refractivity contribution >= 4 is 33.9 Å². The summed E-state index contributed by atoms with van der Waals surface area (Å²) >= 11 is 1.35. The SMILES string of the molecule is C=CC(=O)NCCCSCCC(O)C(=O)[C@@H](OS(=O)(=O)O)[C@@H](O)[C@H](O)CO. The molecule has 158 valence electrons. The summed E-state index contributed by atoms with van der Waals surface area (Å²) in [6.45, 7) is 2.72. The molecule has 0 radical (unpaired) electrons. The summed E-state index contributed by atoms with van der Waals surface area (Å²) in [5, 5.41) is 40.3. The van der Waals surface area contributed by atoms with Crippen molar-refractivity contribution in [3.63, 3.8) is 0 Å². The van der Waals surface area contributed by atoms with Gasteiger partial charge in [0.25, 0.3) is 0 Å². The number of amides is 1. The molecule has 0 aromatic carbocycles. The number of Topliss-reactive ketones (excluding diaryl/α,β-unsaturated/α-hetero) is 1. The fourth-order valence-electron chi connectivity index (χ4n) is 1.80. The number of thioether (sulfide) groups is 1. The molecule has 1 amide bonds. The van der Waals surface area contributed by atoms with Crippen molar-refractivity contribution in [2.75, 3.05) is 24.7 Å². The first-order chi connectivity index (χ1) is 12.5. The molecule has 0 saturated carbocycles. The number of aliphatic hydroxyl groups is 4. The number of carbonyl (C=O) groups excluding carboxylic acids is 2. The van der Waals surface area contributed by atoms with E-state index < -0.39 is 47.2 Å². The van der Waals surface area contributed by atoms with Crippen LogP contribution in [0.2, 0.25) is 0 Å². The van der Waals surface area contributed by atoms with E-state index in [1.165, 1.54) is 11.8 Å². The van der Waals surface area contributed by atoms with Crippen LogP contribution in [0.4, 0.5) is 0 Å². The largest absolute Gasteiger partial charge is 0.398 e. The summed E-state index contributed by atoms with van der Waals surface area (Å²) in [4.78, 5) is 23.0. The molecule has 0 aromatic rings. The van der Waals surface area contributed by atoms with Crippen LogP contribution in [0, 0.1) is 0 Å². The molecule has 0 aromatic heterocycles. The van der Waals surface area contributed by atoms with Gasteiger partial charge in [-0.3, -0.25) is 14.1 Å². The number of ketones is 1. The molecule has 0 heterocycles. The van der Waals surface area contributed by atoms with Crippen molar-refractivity contribution in [1.82, 2.24) is 5.32 Å². The molecule has 0 spiro atoms. The van der Waals surface area contributed by atoms with Crippen molar-refractivity contribution in [1.29, 1.82) is 0 Å². The lowest BCUT2D eigenvalue weighted by Gasteiger charge is -2.25. The van der Waals surface area contributed by atoms with Crippen LogP contribution >= 0.6 is 11.8 Å². The second kappa shape index (κ2) is 13.2. The average molecular weight is 431 g/mol. The third kappa shape index (κ3) is 11.4. The number of carbonyl (C=O) groups is 2. The van der Waals surface area contributed by atoms with Gasteiger partial charge in [0.1, 0.15) is 18.3 Å². The van der Waals surface area contributed by atoms with Crippen LogP contribution in [0.1, 0.15) is 12.8 Å². The Morgan fingerprint density at radius 2 is 1.85 bits per heavy atom. The number of nitrogens with one attached hydrogen (secondary N) is 1. The Morgan fingerprint density at radius 3 is 2.37 bits per heavy atom. The van der Waals surface area contributed by atoms with Gasteiger partial charge in [-0.05, 0) is 30.4 Å². The van der Waals surface area contributed by atoms with Gasteiger partial charge < -0.3 is 25.7 Å². The molecule has 11 nitrogen and oxygen atoms in total. The Balaban J connectivity index is 4.49. The summed E-state index contributed by atoms with van der Waals surface area (Å²) in [7, 11) is -5.16. The van der Waals surface area contributed by atoms with Gasteiger partial charge in [0.2, 0.25) is 5.91 Å². The van der Waals surface area contributed by atoms with E-state index in [4.69, 9.17) is 9.66 Å². The van der Waals surface area contributed by atoms with Crippen molar-refractivity contribution in [2.45, 2.75) is 37.3 Å². The van der Waals surface area contributed by atoms with Crippen LogP contribution in [0.15, 0.2) is 12.7 Å². The van der Waals surface area contributed by atoms with Crippen molar-refractivity contribution in [2.24, 2.45) is 0 Å². The van der Waals surface area contributed by atoms with Gasteiger partial charge in [0.15, 0.2) is 11.9 Å². The van der Waals surface area contributed by atoms with Gasteiger partial charge in [-0.25, -0.2) is 4.18 Å². The average Bonchev–Trinajstić information content (AvgIpc) is 2.62. The molecule has 13 heteroatoms. The molecule has 0 saturated heterocycles. The Labute approximate surface area is 161 Å². The standard InChI is InChI=1S/C14H25NO10S2/c1-2-11(19)15-5-3-6-26-7-4-9(17)12(20)14(25-27(22,23)24)13(21)10(18)8-16/h2,9-10,13-14,16-18,21H,1,3-8H2,(H,15,19)(H,22,23,24)/t9?,10-,13+,14-/m1/s1.